The molecule has 2 aliphatic rings. The van der Waals surface area contributed by atoms with E-state index in [2.05, 4.69) is 5.16 Å². The summed E-state index contributed by atoms with van der Waals surface area (Å²) in [7, 11) is -3.82. The summed E-state index contributed by atoms with van der Waals surface area (Å²) in [5, 5.41) is 3.93. The highest BCUT2D eigenvalue weighted by Crippen LogP contribution is 2.36. The van der Waals surface area contributed by atoms with E-state index in [-0.39, 0.29) is 35.6 Å². The van der Waals surface area contributed by atoms with Crippen LogP contribution in [0.2, 0.25) is 0 Å². The van der Waals surface area contributed by atoms with Crippen molar-refractivity contribution in [2.75, 3.05) is 30.3 Å². The fraction of sp³-hybridized carbons (Fsp3) is 0.333. The van der Waals surface area contributed by atoms with Gasteiger partial charge in [-0.2, -0.15) is 4.31 Å². The molecule has 0 spiro atoms. The molecule has 1 saturated heterocycles. The zero-order valence-electron chi connectivity index (χ0n) is 20.4. The first-order chi connectivity index (χ1) is 17.3. The maximum atomic E-state index is 13.6. The zero-order chi connectivity index (χ0) is 25.3. The quantitative estimate of drug-likeness (QED) is 0.468. The molecule has 7 nitrogen and oxygen atoms in total. The number of thioether (sulfide) groups is 1. The molecule has 0 atom stereocenters. The van der Waals surface area contributed by atoms with Crippen molar-refractivity contribution in [1.82, 2.24) is 9.46 Å². The molecule has 5 rings (SSSR count). The topological polar surface area (TPSA) is 83.7 Å². The smallest absolute Gasteiger partial charge is 0.248 e. The van der Waals surface area contributed by atoms with E-state index in [4.69, 9.17) is 4.52 Å². The minimum atomic E-state index is -3.82. The van der Waals surface area contributed by atoms with E-state index in [0.29, 0.717) is 25.1 Å². The van der Waals surface area contributed by atoms with Gasteiger partial charge in [-0.15, -0.1) is 11.8 Å². The average Bonchev–Trinajstić information content (AvgIpc) is 3.28. The lowest BCUT2D eigenvalue weighted by Gasteiger charge is -2.35. The van der Waals surface area contributed by atoms with E-state index in [1.807, 2.05) is 66.4 Å². The zero-order valence-corrected chi connectivity index (χ0v) is 22.0. The van der Waals surface area contributed by atoms with Gasteiger partial charge in [-0.25, -0.2) is 8.42 Å². The molecule has 188 valence electrons. The number of nitrogens with zero attached hydrogens (tertiary/aromatic N) is 3. The Kier molecular flexibility index (Phi) is 7.05. The van der Waals surface area contributed by atoms with Crippen LogP contribution in [0.3, 0.4) is 0 Å². The maximum absolute atomic E-state index is 13.6. The lowest BCUT2D eigenvalue weighted by atomic mass is 9.96. The molecule has 2 aromatic carbocycles. The van der Waals surface area contributed by atoms with Crippen molar-refractivity contribution >= 4 is 45.5 Å². The van der Waals surface area contributed by atoms with E-state index in [0.717, 1.165) is 27.5 Å². The maximum Gasteiger partial charge on any atom is 0.248 e. The average molecular weight is 524 g/mol. The predicted molar refractivity (Wildman–Crippen MR) is 142 cm³/mol. The van der Waals surface area contributed by atoms with Crippen LogP contribution in [0, 0.1) is 19.8 Å². The normalized spacial score (nSPS) is 17.4. The first kappa shape index (κ1) is 24.8. The van der Waals surface area contributed by atoms with Crippen LogP contribution in [0.25, 0.3) is 12.2 Å². The first-order valence-electron chi connectivity index (χ1n) is 12.1. The second kappa shape index (κ2) is 10.2. The third-order valence-corrected chi connectivity index (χ3v) is 9.83. The monoisotopic (exact) mass is 523 g/mol. The number of hydrogen-bond donors (Lipinski definition) is 0. The lowest BCUT2D eigenvalue weighted by molar-refractivity contribution is -0.123. The Balaban J connectivity index is 1.30. The van der Waals surface area contributed by atoms with Crippen molar-refractivity contribution < 1.29 is 17.7 Å². The summed E-state index contributed by atoms with van der Waals surface area (Å²) in [6.07, 6.45) is 4.45. The number of aromatic nitrogens is 1. The largest absolute Gasteiger partial charge is 0.355 e. The molecule has 0 bridgehead atoms. The van der Waals surface area contributed by atoms with E-state index >= 15 is 0 Å². The highest BCUT2D eigenvalue weighted by molar-refractivity contribution is 7.99. The summed E-state index contributed by atoms with van der Waals surface area (Å²) in [4.78, 5) is 16.5. The van der Waals surface area contributed by atoms with E-state index in [1.165, 1.54) is 4.31 Å². The lowest BCUT2D eigenvalue weighted by Crippen LogP contribution is -2.45. The van der Waals surface area contributed by atoms with Crippen molar-refractivity contribution in [2.24, 2.45) is 5.92 Å². The first-order valence-corrected chi connectivity index (χ1v) is 14.5. The number of carbonyl (C=O) groups is 1. The standard InChI is InChI=1S/C27H29N3O4S2/c1-19-7-9-21(10-8-19)11-12-24-26(20(2)28-34-24)36(32,33)29-15-13-22(14-16-29)27(31)30-17-18-35-25-6-4-3-5-23(25)30/h3-12,22H,13-18H2,1-2H3/b12-11+. The number of amides is 1. The third-order valence-electron chi connectivity index (χ3n) is 6.73. The number of aryl methyl sites for hydroxylation is 2. The predicted octanol–water partition coefficient (Wildman–Crippen LogP) is 5.00. The fourth-order valence-corrected chi connectivity index (χ4v) is 7.45. The molecule has 3 heterocycles. The van der Waals surface area contributed by atoms with Gasteiger partial charge in [0.05, 0.1) is 5.69 Å². The highest BCUT2D eigenvalue weighted by Gasteiger charge is 2.37. The molecular weight excluding hydrogens is 494 g/mol. The van der Waals surface area contributed by atoms with Crippen molar-refractivity contribution in [1.29, 1.82) is 0 Å². The molecule has 1 aromatic heterocycles. The SMILES string of the molecule is Cc1ccc(/C=C/c2onc(C)c2S(=O)(=O)N2CCC(C(=O)N3CCSc4ccccc43)CC2)cc1. The molecule has 0 saturated carbocycles. The van der Waals surface area contributed by atoms with Gasteiger partial charge in [0.25, 0.3) is 0 Å². The van der Waals surface area contributed by atoms with Gasteiger partial charge in [-0.05, 0) is 50.5 Å². The van der Waals surface area contributed by atoms with Gasteiger partial charge in [-0.1, -0.05) is 53.2 Å². The van der Waals surface area contributed by atoms with E-state index in [1.54, 1.807) is 24.8 Å². The van der Waals surface area contributed by atoms with Crippen LogP contribution >= 0.6 is 11.8 Å². The number of para-hydroxylation sites is 1. The molecular formula is C27H29N3O4S2. The molecule has 1 fully saturated rings. The molecule has 0 radical (unpaired) electrons. The van der Waals surface area contributed by atoms with Crippen LogP contribution < -0.4 is 4.90 Å². The number of anilines is 1. The van der Waals surface area contributed by atoms with Crippen molar-refractivity contribution in [3.8, 4) is 0 Å². The van der Waals surface area contributed by atoms with Gasteiger partial charge in [-0.3, -0.25) is 4.79 Å². The van der Waals surface area contributed by atoms with Gasteiger partial charge in [0.2, 0.25) is 15.9 Å². The molecule has 0 N–H and O–H groups in total. The van der Waals surface area contributed by atoms with Crippen LogP contribution in [0.5, 0.6) is 0 Å². The van der Waals surface area contributed by atoms with Crippen LogP contribution in [0.4, 0.5) is 5.69 Å². The number of piperidine rings is 1. The molecule has 2 aliphatic heterocycles. The van der Waals surface area contributed by atoms with E-state index in [9.17, 15) is 13.2 Å². The van der Waals surface area contributed by atoms with Gasteiger partial charge < -0.3 is 9.42 Å². The number of hydrogen-bond acceptors (Lipinski definition) is 6. The van der Waals surface area contributed by atoms with Crippen molar-refractivity contribution in [3.63, 3.8) is 0 Å². The van der Waals surface area contributed by atoms with Gasteiger partial charge in [0.1, 0.15) is 5.69 Å². The Bertz CT molecular complexity index is 1390. The number of benzene rings is 2. The minimum Gasteiger partial charge on any atom is -0.355 e. The Hall–Kier alpha value is -2.88. The second-order valence-electron chi connectivity index (χ2n) is 9.19. The molecule has 36 heavy (non-hydrogen) atoms. The molecule has 9 heteroatoms. The van der Waals surface area contributed by atoms with Crippen LogP contribution in [-0.4, -0.2) is 49.2 Å². The number of fused-ring (bicyclic) bond motifs is 1. The third kappa shape index (κ3) is 4.87. The Morgan fingerprint density at radius 3 is 2.50 bits per heavy atom. The second-order valence-corrected chi connectivity index (χ2v) is 12.2. The summed E-state index contributed by atoms with van der Waals surface area (Å²) in [6.45, 7) is 4.90. The van der Waals surface area contributed by atoms with E-state index < -0.39 is 10.0 Å². The van der Waals surface area contributed by atoms with Gasteiger partial charge >= 0.3 is 0 Å². The molecule has 0 aliphatic carbocycles. The Labute approximate surface area is 216 Å². The fourth-order valence-electron chi connectivity index (χ4n) is 4.74. The summed E-state index contributed by atoms with van der Waals surface area (Å²) < 4.78 is 34.0. The summed E-state index contributed by atoms with van der Waals surface area (Å²) in [5.41, 5.74) is 3.38. The number of sulfonamides is 1. The highest BCUT2D eigenvalue weighted by atomic mass is 32.2. The van der Waals surface area contributed by atoms with Crippen molar-refractivity contribution in [3.05, 3.63) is 71.1 Å². The van der Waals surface area contributed by atoms with Crippen molar-refractivity contribution in [2.45, 2.75) is 36.5 Å². The summed E-state index contributed by atoms with van der Waals surface area (Å²) in [5.74, 6) is 0.968. The number of rotatable bonds is 5. The summed E-state index contributed by atoms with van der Waals surface area (Å²) >= 11 is 1.76. The minimum absolute atomic E-state index is 0.0858. The van der Waals surface area contributed by atoms with Gasteiger partial charge in [0.15, 0.2) is 10.7 Å². The molecule has 0 unspecified atom stereocenters. The Morgan fingerprint density at radius 1 is 1.03 bits per heavy atom. The van der Waals surface area contributed by atoms with Crippen LogP contribution in [-0.2, 0) is 14.8 Å². The van der Waals surface area contributed by atoms with Crippen LogP contribution in [0.15, 0.2) is 62.8 Å². The number of carbonyl (C=O) groups excluding carboxylic acids is 1. The summed E-state index contributed by atoms with van der Waals surface area (Å²) in [6, 6.07) is 15.9. The molecule has 1 amide bonds. The Morgan fingerprint density at radius 2 is 1.75 bits per heavy atom. The van der Waals surface area contributed by atoms with Gasteiger partial charge in [0, 0.05) is 36.2 Å². The molecule has 3 aromatic rings. The van der Waals surface area contributed by atoms with Crippen LogP contribution in [0.1, 0.15) is 35.4 Å².